The van der Waals surface area contributed by atoms with Crippen molar-refractivity contribution in [3.8, 4) is 0 Å². The second-order valence-corrected chi connectivity index (χ2v) is 8.23. The minimum absolute atomic E-state index is 0.0186. The quantitative estimate of drug-likeness (QED) is 0.830. The Bertz CT molecular complexity index is 755. The summed E-state index contributed by atoms with van der Waals surface area (Å²) >= 11 is 5.99. The van der Waals surface area contributed by atoms with Crippen molar-refractivity contribution in [2.75, 3.05) is 16.6 Å². The Morgan fingerprint density at radius 1 is 1.43 bits per heavy atom. The van der Waals surface area contributed by atoms with Gasteiger partial charge in [-0.2, -0.15) is 0 Å². The number of sulfonamides is 1. The molecule has 0 unspecified atom stereocenters. The summed E-state index contributed by atoms with van der Waals surface area (Å²) < 4.78 is 24.6. The number of benzene rings is 1. The Morgan fingerprint density at radius 3 is 2.61 bits per heavy atom. The first kappa shape index (κ1) is 17.7. The summed E-state index contributed by atoms with van der Waals surface area (Å²) in [6, 6.07) is 4.03. The van der Waals surface area contributed by atoms with Gasteiger partial charge < -0.3 is 10.4 Å². The molecule has 0 saturated carbocycles. The number of amides is 2. The molecule has 7 nitrogen and oxygen atoms in total. The van der Waals surface area contributed by atoms with Crippen LogP contribution < -0.4 is 9.62 Å². The highest BCUT2D eigenvalue weighted by Gasteiger charge is 2.37. The molecule has 0 aliphatic carbocycles. The molecule has 2 amide bonds. The van der Waals surface area contributed by atoms with Crippen molar-refractivity contribution < 1.29 is 23.1 Å². The molecule has 0 aromatic heterocycles. The van der Waals surface area contributed by atoms with E-state index in [4.69, 9.17) is 11.6 Å². The molecule has 0 spiro atoms. The second kappa shape index (κ2) is 6.10. The van der Waals surface area contributed by atoms with E-state index in [-0.39, 0.29) is 35.0 Å². The molecule has 1 aliphatic rings. The highest BCUT2D eigenvalue weighted by molar-refractivity contribution is 7.94. The van der Waals surface area contributed by atoms with Gasteiger partial charge in [0, 0.05) is 18.5 Å². The standard InChI is InChI=1S/C14H17ClN2O5S/c1-14(2,20)8-16-13(19)9-3-4-10(15)11(7-9)17-12(18)5-6-23(17,21)22/h3-4,7,20H,5-6,8H2,1-2H3,(H,16,19). The van der Waals surface area contributed by atoms with Crippen LogP contribution in [-0.4, -0.2) is 43.2 Å². The van der Waals surface area contributed by atoms with Gasteiger partial charge >= 0.3 is 0 Å². The van der Waals surface area contributed by atoms with Crippen LogP contribution in [0.1, 0.15) is 30.6 Å². The number of hydrogen-bond donors (Lipinski definition) is 2. The SMILES string of the molecule is CC(C)(O)CNC(=O)c1ccc(Cl)c(N2C(=O)CCS2(=O)=O)c1. The Labute approximate surface area is 139 Å². The average Bonchev–Trinajstić information content (AvgIpc) is 2.70. The van der Waals surface area contributed by atoms with Gasteiger partial charge in [-0.1, -0.05) is 11.6 Å². The van der Waals surface area contributed by atoms with Crippen molar-refractivity contribution in [1.29, 1.82) is 0 Å². The summed E-state index contributed by atoms with van der Waals surface area (Å²) in [5.41, 5.74) is -0.979. The van der Waals surface area contributed by atoms with E-state index in [0.29, 0.717) is 4.31 Å². The van der Waals surface area contributed by atoms with Crippen molar-refractivity contribution in [3.63, 3.8) is 0 Å². The van der Waals surface area contributed by atoms with E-state index in [0.717, 1.165) is 0 Å². The van der Waals surface area contributed by atoms with Gasteiger partial charge in [0.2, 0.25) is 15.9 Å². The number of anilines is 1. The van der Waals surface area contributed by atoms with Gasteiger partial charge in [0.05, 0.1) is 22.1 Å². The fraction of sp³-hybridized carbons (Fsp3) is 0.429. The summed E-state index contributed by atoms with van der Waals surface area (Å²) in [6.45, 7) is 3.09. The molecular weight excluding hydrogens is 344 g/mol. The molecule has 0 radical (unpaired) electrons. The van der Waals surface area contributed by atoms with E-state index in [1.807, 2.05) is 0 Å². The molecule has 23 heavy (non-hydrogen) atoms. The lowest BCUT2D eigenvalue weighted by atomic mass is 10.1. The Morgan fingerprint density at radius 2 is 2.09 bits per heavy atom. The minimum atomic E-state index is -3.76. The number of nitrogens with zero attached hydrogens (tertiary/aromatic N) is 1. The molecule has 1 saturated heterocycles. The number of nitrogens with one attached hydrogen (secondary N) is 1. The lowest BCUT2D eigenvalue weighted by Crippen LogP contribution is -2.38. The first-order chi connectivity index (χ1) is 10.5. The predicted molar refractivity (Wildman–Crippen MR) is 86.0 cm³/mol. The first-order valence-electron chi connectivity index (χ1n) is 6.87. The van der Waals surface area contributed by atoms with Crippen LogP contribution in [0, 0.1) is 0 Å². The maximum Gasteiger partial charge on any atom is 0.251 e. The summed E-state index contributed by atoms with van der Waals surface area (Å²) in [4.78, 5) is 23.9. The number of rotatable bonds is 4. The number of carbonyl (C=O) groups is 2. The third-order valence-electron chi connectivity index (χ3n) is 3.19. The van der Waals surface area contributed by atoms with Crippen molar-refractivity contribution >= 4 is 39.1 Å². The fourth-order valence-corrected chi connectivity index (χ4v) is 3.78. The maximum atomic E-state index is 12.1. The summed E-state index contributed by atoms with van der Waals surface area (Å²) in [6.07, 6.45) is -0.117. The van der Waals surface area contributed by atoms with Gasteiger partial charge in [-0.05, 0) is 32.0 Å². The van der Waals surface area contributed by atoms with E-state index in [9.17, 15) is 23.1 Å². The summed E-state index contributed by atoms with van der Waals surface area (Å²) in [5, 5.41) is 12.2. The summed E-state index contributed by atoms with van der Waals surface area (Å²) in [7, 11) is -3.76. The zero-order valence-electron chi connectivity index (χ0n) is 12.7. The highest BCUT2D eigenvalue weighted by Crippen LogP contribution is 2.32. The molecule has 126 valence electrons. The molecule has 1 aromatic rings. The van der Waals surface area contributed by atoms with Gasteiger partial charge in [0.25, 0.3) is 5.91 Å². The fourth-order valence-electron chi connectivity index (χ4n) is 2.06. The molecule has 9 heteroatoms. The Kier molecular flexibility index (Phi) is 4.70. The van der Waals surface area contributed by atoms with Crippen LogP contribution in [0.2, 0.25) is 5.02 Å². The van der Waals surface area contributed by atoms with E-state index in [2.05, 4.69) is 5.32 Å². The van der Waals surface area contributed by atoms with E-state index in [1.165, 1.54) is 32.0 Å². The van der Waals surface area contributed by atoms with Gasteiger partial charge in [0.1, 0.15) is 0 Å². The maximum absolute atomic E-state index is 12.1. The Hall–Kier alpha value is -1.64. The molecular formula is C14H17ClN2O5S. The van der Waals surface area contributed by atoms with Crippen molar-refractivity contribution in [3.05, 3.63) is 28.8 Å². The molecule has 1 heterocycles. The molecule has 2 N–H and O–H groups in total. The van der Waals surface area contributed by atoms with Gasteiger partial charge in [-0.3, -0.25) is 9.59 Å². The molecule has 2 rings (SSSR count). The number of hydrogen-bond acceptors (Lipinski definition) is 5. The van der Waals surface area contributed by atoms with Crippen molar-refractivity contribution in [2.45, 2.75) is 25.9 Å². The van der Waals surface area contributed by atoms with Crippen molar-refractivity contribution in [2.24, 2.45) is 0 Å². The molecule has 0 bridgehead atoms. The first-order valence-corrected chi connectivity index (χ1v) is 8.86. The lowest BCUT2D eigenvalue weighted by molar-refractivity contribution is -0.116. The third kappa shape index (κ3) is 4.01. The van der Waals surface area contributed by atoms with Crippen LogP contribution in [0.4, 0.5) is 5.69 Å². The van der Waals surface area contributed by atoms with Crippen LogP contribution >= 0.6 is 11.6 Å². The molecule has 1 aromatic carbocycles. The van der Waals surface area contributed by atoms with Crippen LogP contribution in [0.3, 0.4) is 0 Å². The lowest BCUT2D eigenvalue weighted by Gasteiger charge is -2.19. The minimum Gasteiger partial charge on any atom is -0.389 e. The monoisotopic (exact) mass is 360 g/mol. The molecule has 1 aliphatic heterocycles. The van der Waals surface area contributed by atoms with Gasteiger partial charge in [-0.15, -0.1) is 0 Å². The van der Waals surface area contributed by atoms with E-state index >= 15 is 0 Å². The summed E-state index contributed by atoms with van der Waals surface area (Å²) in [5.74, 6) is -1.37. The van der Waals surface area contributed by atoms with E-state index in [1.54, 1.807) is 0 Å². The smallest absolute Gasteiger partial charge is 0.251 e. The number of halogens is 1. The molecule has 1 fully saturated rings. The predicted octanol–water partition coefficient (Wildman–Crippen LogP) is 0.907. The zero-order chi connectivity index (χ0) is 17.4. The average molecular weight is 361 g/mol. The van der Waals surface area contributed by atoms with Crippen LogP contribution in [0.25, 0.3) is 0 Å². The zero-order valence-corrected chi connectivity index (χ0v) is 14.2. The number of aliphatic hydroxyl groups is 1. The molecule has 0 atom stereocenters. The second-order valence-electron chi connectivity index (χ2n) is 5.89. The largest absolute Gasteiger partial charge is 0.389 e. The van der Waals surface area contributed by atoms with Gasteiger partial charge in [-0.25, -0.2) is 12.7 Å². The van der Waals surface area contributed by atoms with Crippen molar-refractivity contribution in [1.82, 2.24) is 5.32 Å². The highest BCUT2D eigenvalue weighted by atomic mass is 35.5. The topological polar surface area (TPSA) is 104 Å². The normalized spacial score (nSPS) is 17.4. The van der Waals surface area contributed by atoms with Crippen LogP contribution in [0.5, 0.6) is 0 Å². The van der Waals surface area contributed by atoms with E-state index < -0.39 is 27.4 Å². The number of carbonyl (C=O) groups excluding carboxylic acids is 2. The van der Waals surface area contributed by atoms with Gasteiger partial charge in [0.15, 0.2) is 0 Å². The van der Waals surface area contributed by atoms with Crippen LogP contribution in [-0.2, 0) is 14.8 Å². The Balaban J connectivity index is 2.33. The third-order valence-corrected chi connectivity index (χ3v) is 5.18. The van der Waals surface area contributed by atoms with Crippen LogP contribution in [0.15, 0.2) is 18.2 Å².